The Balaban J connectivity index is 2.66. The van der Waals surface area contributed by atoms with Gasteiger partial charge >= 0.3 is 5.97 Å². The first-order chi connectivity index (χ1) is 6.61. The van der Waals surface area contributed by atoms with Crippen LogP contribution < -0.4 is 5.73 Å². The highest BCUT2D eigenvalue weighted by Crippen LogP contribution is 2.09. The minimum atomic E-state index is -0.432. The molecular formula is C11H16NO2+. The lowest BCUT2D eigenvalue weighted by Crippen LogP contribution is -2.58. The molecule has 0 saturated heterocycles. The molecule has 0 amide bonds. The Morgan fingerprint density at radius 2 is 1.86 bits per heavy atom. The van der Waals surface area contributed by atoms with Crippen LogP contribution in [0.3, 0.4) is 0 Å². The van der Waals surface area contributed by atoms with E-state index in [1.54, 1.807) is 0 Å². The van der Waals surface area contributed by atoms with E-state index in [1.807, 2.05) is 44.2 Å². The summed E-state index contributed by atoms with van der Waals surface area (Å²) < 4.78 is 5.06. The van der Waals surface area contributed by atoms with Crippen LogP contribution in [0.5, 0.6) is 0 Å². The van der Waals surface area contributed by atoms with Crippen LogP contribution in [-0.4, -0.2) is 12.1 Å². The van der Waals surface area contributed by atoms with Crippen molar-refractivity contribution in [1.29, 1.82) is 0 Å². The molecular weight excluding hydrogens is 178 g/mol. The Labute approximate surface area is 83.9 Å². The molecule has 1 unspecified atom stereocenters. The number of hydrogen-bond donors (Lipinski definition) is 1. The van der Waals surface area contributed by atoms with Gasteiger partial charge in [-0.25, -0.2) is 4.79 Å². The van der Waals surface area contributed by atoms with Crippen molar-refractivity contribution < 1.29 is 15.3 Å². The van der Waals surface area contributed by atoms with Gasteiger partial charge in [0.05, 0.1) is 6.10 Å². The first kappa shape index (κ1) is 10.7. The second-order valence-corrected chi connectivity index (χ2v) is 3.45. The summed E-state index contributed by atoms with van der Waals surface area (Å²) in [5.41, 5.74) is 4.67. The molecule has 0 aliphatic heterocycles. The van der Waals surface area contributed by atoms with E-state index in [4.69, 9.17) is 4.74 Å². The molecule has 14 heavy (non-hydrogen) atoms. The second kappa shape index (κ2) is 4.77. The molecule has 0 spiro atoms. The van der Waals surface area contributed by atoms with E-state index in [9.17, 15) is 4.79 Å². The van der Waals surface area contributed by atoms with Gasteiger partial charge in [0.2, 0.25) is 6.04 Å². The highest BCUT2D eigenvalue weighted by atomic mass is 16.5. The molecule has 0 saturated carbocycles. The van der Waals surface area contributed by atoms with Crippen molar-refractivity contribution in [3.05, 3.63) is 35.9 Å². The predicted molar refractivity (Wildman–Crippen MR) is 53.3 cm³/mol. The van der Waals surface area contributed by atoms with Gasteiger partial charge < -0.3 is 10.5 Å². The third-order valence-corrected chi connectivity index (χ3v) is 1.84. The molecule has 0 aliphatic carbocycles. The van der Waals surface area contributed by atoms with E-state index in [0.29, 0.717) is 0 Å². The summed E-state index contributed by atoms with van der Waals surface area (Å²) in [6.45, 7) is 3.66. The van der Waals surface area contributed by atoms with E-state index in [1.165, 1.54) is 0 Å². The number of ether oxygens (including phenoxy) is 1. The molecule has 0 radical (unpaired) electrons. The average molecular weight is 194 g/mol. The highest BCUT2D eigenvalue weighted by molar-refractivity contribution is 5.75. The molecule has 1 rings (SSSR count). The maximum atomic E-state index is 11.5. The Bertz CT molecular complexity index is 295. The lowest BCUT2D eigenvalue weighted by Gasteiger charge is -2.11. The number of benzene rings is 1. The van der Waals surface area contributed by atoms with Crippen molar-refractivity contribution in [2.75, 3.05) is 0 Å². The van der Waals surface area contributed by atoms with Crippen molar-refractivity contribution >= 4 is 5.97 Å². The third kappa shape index (κ3) is 2.85. The summed E-state index contributed by atoms with van der Waals surface area (Å²) in [6, 6.07) is 8.99. The van der Waals surface area contributed by atoms with Crippen LogP contribution in [0.25, 0.3) is 0 Å². The molecule has 0 aromatic heterocycles. The minimum Gasteiger partial charge on any atom is -0.458 e. The molecule has 1 atom stereocenters. The Hall–Kier alpha value is -1.35. The summed E-state index contributed by atoms with van der Waals surface area (Å²) in [6.07, 6.45) is -0.0875. The molecule has 0 heterocycles. The Kier molecular flexibility index (Phi) is 3.65. The van der Waals surface area contributed by atoms with Gasteiger partial charge in [0.15, 0.2) is 0 Å². The number of esters is 1. The first-order valence-corrected chi connectivity index (χ1v) is 4.69. The number of carbonyl (C=O) groups is 1. The molecule has 1 aromatic rings. The fourth-order valence-electron chi connectivity index (χ4n) is 1.14. The van der Waals surface area contributed by atoms with Crippen LogP contribution in [0.15, 0.2) is 30.3 Å². The van der Waals surface area contributed by atoms with Gasteiger partial charge in [-0.05, 0) is 13.8 Å². The maximum Gasteiger partial charge on any atom is 0.369 e. The molecule has 3 nitrogen and oxygen atoms in total. The van der Waals surface area contributed by atoms with E-state index in [2.05, 4.69) is 5.73 Å². The fraction of sp³-hybridized carbons (Fsp3) is 0.364. The third-order valence-electron chi connectivity index (χ3n) is 1.84. The number of quaternary nitrogens is 1. The zero-order chi connectivity index (χ0) is 10.6. The zero-order valence-electron chi connectivity index (χ0n) is 8.57. The van der Waals surface area contributed by atoms with Crippen LogP contribution in [0, 0.1) is 0 Å². The van der Waals surface area contributed by atoms with E-state index < -0.39 is 6.04 Å². The maximum absolute atomic E-state index is 11.5. The number of rotatable bonds is 3. The van der Waals surface area contributed by atoms with Crippen LogP contribution in [-0.2, 0) is 9.53 Å². The minimum absolute atomic E-state index is 0.0875. The average Bonchev–Trinajstić information content (AvgIpc) is 2.17. The van der Waals surface area contributed by atoms with E-state index >= 15 is 0 Å². The largest absolute Gasteiger partial charge is 0.458 e. The summed E-state index contributed by atoms with van der Waals surface area (Å²) in [7, 11) is 0. The van der Waals surface area contributed by atoms with Crippen molar-refractivity contribution in [3.63, 3.8) is 0 Å². The van der Waals surface area contributed by atoms with Gasteiger partial charge in [-0.15, -0.1) is 0 Å². The number of hydrogen-bond acceptors (Lipinski definition) is 2. The number of carbonyl (C=O) groups excluding carboxylic acids is 1. The van der Waals surface area contributed by atoms with Crippen LogP contribution in [0.2, 0.25) is 0 Å². The molecule has 0 bridgehead atoms. The van der Waals surface area contributed by atoms with Crippen molar-refractivity contribution in [3.8, 4) is 0 Å². The SMILES string of the molecule is CC(C)OC(=O)C([NH3+])c1ccccc1. The Morgan fingerprint density at radius 1 is 1.29 bits per heavy atom. The molecule has 0 fully saturated rings. The summed E-state index contributed by atoms with van der Waals surface area (Å²) >= 11 is 0. The van der Waals surface area contributed by atoms with Gasteiger partial charge in [-0.1, -0.05) is 30.3 Å². The normalized spacial score (nSPS) is 12.6. The fourth-order valence-corrected chi connectivity index (χ4v) is 1.14. The van der Waals surface area contributed by atoms with Gasteiger partial charge in [-0.3, -0.25) is 0 Å². The molecule has 1 aromatic carbocycles. The van der Waals surface area contributed by atoms with Gasteiger partial charge in [0.1, 0.15) is 0 Å². The topological polar surface area (TPSA) is 53.9 Å². The smallest absolute Gasteiger partial charge is 0.369 e. The van der Waals surface area contributed by atoms with Crippen LogP contribution in [0.1, 0.15) is 25.5 Å². The standard InChI is InChI=1S/C11H15NO2/c1-8(2)14-11(13)10(12)9-6-4-3-5-7-9/h3-8,10H,12H2,1-2H3/p+1. The van der Waals surface area contributed by atoms with E-state index in [-0.39, 0.29) is 12.1 Å². The Morgan fingerprint density at radius 3 is 2.36 bits per heavy atom. The van der Waals surface area contributed by atoms with Crippen molar-refractivity contribution in [2.24, 2.45) is 0 Å². The lowest BCUT2D eigenvalue weighted by atomic mass is 10.1. The van der Waals surface area contributed by atoms with E-state index in [0.717, 1.165) is 5.56 Å². The first-order valence-electron chi connectivity index (χ1n) is 4.69. The van der Waals surface area contributed by atoms with Crippen LogP contribution >= 0.6 is 0 Å². The summed E-state index contributed by atoms with van der Waals surface area (Å²) in [5.74, 6) is -0.272. The molecule has 3 heteroatoms. The van der Waals surface area contributed by atoms with Gasteiger partial charge in [0, 0.05) is 5.56 Å². The zero-order valence-corrected chi connectivity index (χ0v) is 8.57. The highest BCUT2D eigenvalue weighted by Gasteiger charge is 2.21. The van der Waals surface area contributed by atoms with Crippen molar-refractivity contribution in [1.82, 2.24) is 0 Å². The van der Waals surface area contributed by atoms with Gasteiger partial charge in [0.25, 0.3) is 0 Å². The molecule has 76 valence electrons. The van der Waals surface area contributed by atoms with Crippen molar-refractivity contribution in [2.45, 2.75) is 26.0 Å². The quantitative estimate of drug-likeness (QED) is 0.727. The predicted octanol–water partition coefficient (Wildman–Crippen LogP) is 0.921. The van der Waals surface area contributed by atoms with Gasteiger partial charge in [-0.2, -0.15) is 0 Å². The monoisotopic (exact) mass is 194 g/mol. The van der Waals surface area contributed by atoms with Crippen LogP contribution in [0.4, 0.5) is 0 Å². The summed E-state index contributed by atoms with van der Waals surface area (Å²) in [4.78, 5) is 11.5. The summed E-state index contributed by atoms with van der Waals surface area (Å²) in [5, 5.41) is 0. The molecule has 0 aliphatic rings. The molecule has 3 N–H and O–H groups in total. The lowest BCUT2D eigenvalue weighted by molar-refractivity contribution is -0.415. The second-order valence-electron chi connectivity index (χ2n) is 3.45.